The number of amidine groups is 1. The van der Waals surface area contributed by atoms with E-state index in [1.54, 1.807) is 12.2 Å². The molecule has 0 aromatic heterocycles. The van der Waals surface area contributed by atoms with Gasteiger partial charge in [-0.05, 0) is 18.6 Å². The fraction of sp³-hybridized carbons (Fsp3) is 0.100. The molecule has 3 heteroatoms. The molecule has 0 atom stereocenters. The first-order valence-electron chi connectivity index (χ1n) is 3.94. The largest absolute Gasteiger partial charge is 0.409 e. The summed E-state index contributed by atoms with van der Waals surface area (Å²) in [5.74, 6) is 0.0986. The zero-order valence-corrected chi connectivity index (χ0v) is 7.44. The predicted octanol–water partition coefficient (Wildman–Crippen LogP) is 1.75. The van der Waals surface area contributed by atoms with Crippen molar-refractivity contribution in [1.29, 1.82) is 0 Å². The number of hydrogen-bond donors (Lipinski definition) is 2. The van der Waals surface area contributed by atoms with Crippen molar-refractivity contribution in [3.63, 3.8) is 0 Å². The normalized spacial score (nSPS) is 12.2. The van der Waals surface area contributed by atoms with Crippen LogP contribution in [0.25, 0.3) is 6.08 Å². The van der Waals surface area contributed by atoms with Crippen LogP contribution in [-0.2, 0) is 0 Å². The number of aryl methyl sites for hydroxylation is 1. The summed E-state index contributed by atoms with van der Waals surface area (Å²) in [6.07, 6.45) is 3.34. The Hall–Kier alpha value is -1.77. The maximum Gasteiger partial charge on any atom is 0.162 e. The van der Waals surface area contributed by atoms with Crippen molar-refractivity contribution in [3.8, 4) is 0 Å². The number of oxime groups is 1. The molecule has 0 aliphatic carbocycles. The van der Waals surface area contributed by atoms with Gasteiger partial charge < -0.3 is 10.9 Å². The van der Waals surface area contributed by atoms with Crippen LogP contribution >= 0.6 is 0 Å². The van der Waals surface area contributed by atoms with Crippen molar-refractivity contribution < 1.29 is 5.21 Å². The van der Waals surface area contributed by atoms with Crippen LogP contribution in [0, 0.1) is 6.92 Å². The Morgan fingerprint density at radius 1 is 1.54 bits per heavy atom. The lowest BCUT2D eigenvalue weighted by atomic mass is 10.1. The molecule has 1 rings (SSSR count). The third-order valence-electron chi connectivity index (χ3n) is 1.60. The van der Waals surface area contributed by atoms with Crippen molar-refractivity contribution in [1.82, 2.24) is 0 Å². The second kappa shape index (κ2) is 4.30. The summed E-state index contributed by atoms with van der Waals surface area (Å²) in [7, 11) is 0. The van der Waals surface area contributed by atoms with Crippen LogP contribution in [0.1, 0.15) is 11.1 Å². The molecule has 3 N–H and O–H groups in total. The van der Waals surface area contributed by atoms with Crippen LogP contribution in [0.5, 0.6) is 0 Å². The van der Waals surface area contributed by atoms with E-state index in [0.29, 0.717) is 0 Å². The standard InChI is InChI=1S/C10H12N2O/c1-8-3-2-4-9(7-8)5-6-10(11)12-13/h2-7,13H,1H3,(H2,11,12)/b6-5+. The molecule has 0 spiro atoms. The second-order valence-electron chi connectivity index (χ2n) is 2.77. The summed E-state index contributed by atoms with van der Waals surface area (Å²) in [5, 5.41) is 11.1. The van der Waals surface area contributed by atoms with Gasteiger partial charge in [-0.3, -0.25) is 0 Å². The summed E-state index contributed by atoms with van der Waals surface area (Å²) in [6, 6.07) is 7.94. The number of nitrogens with two attached hydrogens (primary N) is 1. The number of rotatable bonds is 2. The van der Waals surface area contributed by atoms with E-state index >= 15 is 0 Å². The second-order valence-corrected chi connectivity index (χ2v) is 2.77. The molecule has 0 unspecified atom stereocenters. The molecule has 0 saturated heterocycles. The predicted molar refractivity (Wildman–Crippen MR) is 53.6 cm³/mol. The van der Waals surface area contributed by atoms with Crippen LogP contribution in [0.15, 0.2) is 35.5 Å². The van der Waals surface area contributed by atoms with E-state index in [1.807, 2.05) is 31.2 Å². The van der Waals surface area contributed by atoms with Gasteiger partial charge in [-0.2, -0.15) is 0 Å². The molecule has 1 aromatic rings. The fourth-order valence-corrected chi connectivity index (χ4v) is 0.989. The van der Waals surface area contributed by atoms with Crippen molar-refractivity contribution in [2.75, 3.05) is 0 Å². The van der Waals surface area contributed by atoms with Crippen LogP contribution < -0.4 is 5.73 Å². The minimum Gasteiger partial charge on any atom is -0.409 e. The summed E-state index contributed by atoms with van der Waals surface area (Å²) in [5.41, 5.74) is 7.49. The summed E-state index contributed by atoms with van der Waals surface area (Å²) in [6.45, 7) is 2.01. The first-order valence-corrected chi connectivity index (χ1v) is 3.94. The number of nitrogens with zero attached hydrogens (tertiary/aromatic N) is 1. The summed E-state index contributed by atoms with van der Waals surface area (Å²) in [4.78, 5) is 0. The minimum atomic E-state index is 0.0986. The zero-order chi connectivity index (χ0) is 9.68. The molecule has 0 saturated carbocycles. The van der Waals surface area contributed by atoms with Gasteiger partial charge in [0.2, 0.25) is 0 Å². The summed E-state index contributed by atoms with van der Waals surface area (Å²) < 4.78 is 0. The Labute approximate surface area is 77.2 Å². The number of hydrogen-bond acceptors (Lipinski definition) is 2. The van der Waals surface area contributed by atoms with Crippen LogP contribution in [0.2, 0.25) is 0 Å². The van der Waals surface area contributed by atoms with E-state index in [0.717, 1.165) is 5.56 Å². The zero-order valence-electron chi connectivity index (χ0n) is 7.44. The van der Waals surface area contributed by atoms with Crippen LogP contribution in [-0.4, -0.2) is 11.0 Å². The van der Waals surface area contributed by atoms with Crippen LogP contribution in [0.4, 0.5) is 0 Å². The quantitative estimate of drug-likeness (QED) is 0.312. The highest BCUT2D eigenvalue weighted by molar-refractivity contribution is 5.94. The fourth-order valence-electron chi connectivity index (χ4n) is 0.989. The lowest BCUT2D eigenvalue weighted by Crippen LogP contribution is -2.06. The molecule has 1 aromatic carbocycles. The Kier molecular flexibility index (Phi) is 3.09. The average molecular weight is 176 g/mol. The topological polar surface area (TPSA) is 58.6 Å². The maximum absolute atomic E-state index is 8.28. The lowest BCUT2D eigenvalue weighted by molar-refractivity contribution is 0.319. The van der Waals surface area contributed by atoms with Crippen molar-refractivity contribution in [3.05, 3.63) is 41.5 Å². The molecule has 0 radical (unpaired) electrons. The molecular weight excluding hydrogens is 164 g/mol. The molecule has 0 aliphatic rings. The van der Waals surface area contributed by atoms with E-state index in [4.69, 9.17) is 10.9 Å². The molecule has 3 nitrogen and oxygen atoms in total. The van der Waals surface area contributed by atoms with Gasteiger partial charge in [0.05, 0.1) is 0 Å². The summed E-state index contributed by atoms with van der Waals surface area (Å²) >= 11 is 0. The molecule has 68 valence electrons. The lowest BCUT2D eigenvalue weighted by Gasteiger charge is -1.94. The molecule has 13 heavy (non-hydrogen) atoms. The van der Waals surface area contributed by atoms with Gasteiger partial charge in [0.1, 0.15) is 0 Å². The van der Waals surface area contributed by atoms with Gasteiger partial charge in [0.25, 0.3) is 0 Å². The Bertz CT molecular complexity index is 343. The maximum atomic E-state index is 8.28. The Balaban J connectivity index is 2.80. The first-order chi connectivity index (χ1) is 6.22. The van der Waals surface area contributed by atoms with E-state index in [1.165, 1.54) is 5.56 Å². The number of benzene rings is 1. The highest BCUT2D eigenvalue weighted by Gasteiger charge is 1.87. The molecule has 0 aliphatic heterocycles. The van der Waals surface area contributed by atoms with Gasteiger partial charge in [0.15, 0.2) is 5.84 Å². The van der Waals surface area contributed by atoms with Gasteiger partial charge in [-0.1, -0.05) is 41.1 Å². The molecule has 0 fully saturated rings. The minimum absolute atomic E-state index is 0.0986. The SMILES string of the molecule is Cc1cccc(/C=C/C(N)=N/O)c1. The first kappa shape index (κ1) is 9.32. The monoisotopic (exact) mass is 176 g/mol. The van der Waals surface area contributed by atoms with E-state index < -0.39 is 0 Å². The smallest absolute Gasteiger partial charge is 0.162 e. The van der Waals surface area contributed by atoms with Gasteiger partial charge in [-0.25, -0.2) is 0 Å². The van der Waals surface area contributed by atoms with Crippen LogP contribution in [0.3, 0.4) is 0 Å². The highest BCUT2D eigenvalue weighted by atomic mass is 16.4. The van der Waals surface area contributed by atoms with Gasteiger partial charge in [-0.15, -0.1) is 0 Å². The molecule has 0 heterocycles. The van der Waals surface area contributed by atoms with Gasteiger partial charge in [0, 0.05) is 0 Å². The molecule has 0 bridgehead atoms. The highest BCUT2D eigenvalue weighted by Crippen LogP contribution is 2.05. The van der Waals surface area contributed by atoms with E-state index in [2.05, 4.69) is 5.16 Å². The third kappa shape index (κ3) is 2.99. The Morgan fingerprint density at radius 2 is 2.31 bits per heavy atom. The third-order valence-corrected chi connectivity index (χ3v) is 1.60. The van der Waals surface area contributed by atoms with Crippen molar-refractivity contribution in [2.45, 2.75) is 6.92 Å². The van der Waals surface area contributed by atoms with Crippen molar-refractivity contribution in [2.24, 2.45) is 10.9 Å². The molecular formula is C10H12N2O. The van der Waals surface area contributed by atoms with Gasteiger partial charge >= 0.3 is 0 Å². The molecule has 0 amide bonds. The van der Waals surface area contributed by atoms with E-state index in [-0.39, 0.29) is 5.84 Å². The van der Waals surface area contributed by atoms with Crippen molar-refractivity contribution >= 4 is 11.9 Å². The Morgan fingerprint density at radius 3 is 2.92 bits per heavy atom. The van der Waals surface area contributed by atoms with E-state index in [9.17, 15) is 0 Å². The average Bonchev–Trinajstić information content (AvgIpc) is 2.14.